The zero-order valence-corrected chi connectivity index (χ0v) is 15.8. The van der Waals surface area contributed by atoms with Crippen molar-refractivity contribution in [3.05, 3.63) is 65.2 Å². The van der Waals surface area contributed by atoms with Gasteiger partial charge in [-0.2, -0.15) is 0 Å². The van der Waals surface area contributed by atoms with Gasteiger partial charge in [-0.3, -0.25) is 0 Å². The van der Waals surface area contributed by atoms with Gasteiger partial charge < -0.3 is 19.7 Å². The van der Waals surface area contributed by atoms with E-state index in [0.29, 0.717) is 19.4 Å². The molecule has 1 saturated heterocycles. The zero-order chi connectivity index (χ0) is 18.9. The van der Waals surface area contributed by atoms with Crippen molar-refractivity contribution in [1.29, 1.82) is 0 Å². The van der Waals surface area contributed by atoms with Crippen molar-refractivity contribution in [2.75, 3.05) is 13.2 Å². The fraction of sp³-hybridized carbons (Fsp3) is 0.478. The molecule has 27 heavy (non-hydrogen) atoms. The van der Waals surface area contributed by atoms with Gasteiger partial charge in [0, 0.05) is 18.3 Å². The largest absolute Gasteiger partial charge is 0.494 e. The molecule has 1 aliphatic heterocycles. The lowest BCUT2D eigenvalue weighted by atomic mass is 9.86. The van der Waals surface area contributed by atoms with Crippen LogP contribution < -0.4 is 4.74 Å². The molecule has 2 fully saturated rings. The Morgan fingerprint density at radius 3 is 2.52 bits per heavy atom. The second-order valence-electron chi connectivity index (χ2n) is 7.72. The van der Waals surface area contributed by atoms with E-state index in [2.05, 4.69) is 48.5 Å². The van der Waals surface area contributed by atoms with E-state index in [4.69, 9.17) is 9.47 Å². The second kappa shape index (κ2) is 7.63. The van der Waals surface area contributed by atoms with Gasteiger partial charge in [0.2, 0.25) is 0 Å². The van der Waals surface area contributed by atoms with Crippen LogP contribution in [0.2, 0.25) is 0 Å². The highest BCUT2D eigenvalue weighted by molar-refractivity contribution is 5.47. The maximum atomic E-state index is 10.1. The van der Waals surface area contributed by atoms with Crippen LogP contribution in [0.1, 0.15) is 55.4 Å². The number of aliphatic hydroxyl groups is 2. The van der Waals surface area contributed by atoms with E-state index in [0.717, 1.165) is 24.2 Å². The van der Waals surface area contributed by atoms with E-state index in [9.17, 15) is 10.2 Å². The minimum Gasteiger partial charge on any atom is -0.494 e. The predicted molar refractivity (Wildman–Crippen MR) is 104 cm³/mol. The Labute approximate surface area is 160 Å². The highest BCUT2D eigenvalue weighted by Crippen LogP contribution is 2.54. The normalized spacial score (nSPS) is 26.6. The summed E-state index contributed by atoms with van der Waals surface area (Å²) in [5.74, 6) is 0.908. The highest BCUT2D eigenvalue weighted by atomic mass is 16.5. The lowest BCUT2D eigenvalue weighted by Gasteiger charge is -2.33. The van der Waals surface area contributed by atoms with E-state index in [1.165, 1.54) is 11.1 Å². The van der Waals surface area contributed by atoms with Gasteiger partial charge in [-0.1, -0.05) is 36.4 Å². The number of benzene rings is 2. The molecule has 4 heteroatoms. The lowest BCUT2D eigenvalue weighted by Crippen LogP contribution is -2.33. The number of hydrogen-bond acceptors (Lipinski definition) is 4. The van der Waals surface area contributed by atoms with Gasteiger partial charge >= 0.3 is 0 Å². The molecule has 4 nitrogen and oxygen atoms in total. The van der Waals surface area contributed by atoms with Gasteiger partial charge in [-0.15, -0.1) is 0 Å². The molecule has 1 saturated carbocycles. The van der Waals surface area contributed by atoms with Crippen LogP contribution in [0.3, 0.4) is 0 Å². The fourth-order valence-corrected chi connectivity index (χ4v) is 4.26. The van der Waals surface area contributed by atoms with E-state index in [-0.39, 0.29) is 24.2 Å². The Hall–Kier alpha value is -1.88. The summed E-state index contributed by atoms with van der Waals surface area (Å²) in [6.45, 7) is 2.62. The summed E-state index contributed by atoms with van der Waals surface area (Å²) in [5.41, 5.74) is 3.78. The molecular formula is C23H28O4. The van der Waals surface area contributed by atoms with Crippen LogP contribution in [0.5, 0.6) is 5.75 Å². The van der Waals surface area contributed by atoms with Crippen molar-refractivity contribution in [3.63, 3.8) is 0 Å². The molecule has 1 aliphatic carbocycles. The molecule has 1 heterocycles. The van der Waals surface area contributed by atoms with Gasteiger partial charge in [0.15, 0.2) is 0 Å². The molecule has 2 N–H and O–H groups in total. The number of ether oxygens (including phenoxy) is 2. The molecule has 144 valence electrons. The molecule has 2 aromatic rings. The maximum absolute atomic E-state index is 10.1. The first-order valence-electron chi connectivity index (χ1n) is 9.93. The Kier molecular flexibility index (Phi) is 5.22. The third-order valence-corrected chi connectivity index (χ3v) is 5.86. The molecule has 0 bridgehead atoms. The molecule has 0 amide bonds. The Morgan fingerprint density at radius 2 is 1.85 bits per heavy atom. The van der Waals surface area contributed by atoms with Crippen LogP contribution in [0.15, 0.2) is 48.5 Å². The lowest BCUT2D eigenvalue weighted by molar-refractivity contribution is -0.113. The van der Waals surface area contributed by atoms with Crippen molar-refractivity contribution in [1.82, 2.24) is 0 Å². The molecule has 4 rings (SSSR count). The summed E-state index contributed by atoms with van der Waals surface area (Å²) < 4.78 is 11.6. The average molecular weight is 368 g/mol. The average Bonchev–Trinajstić information content (AvgIpc) is 3.50. The van der Waals surface area contributed by atoms with Crippen molar-refractivity contribution >= 4 is 0 Å². The van der Waals surface area contributed by atoms with Crippen molar-refractivity contribution in [2.24, 2.45) is 0 Å². The summed E-state index contributed by atoms with van der Waals surface area (Å²) in [6, 6.07) is 17.0. The minimum atomic E-state index is -0.425. The van der Waals surface area contributed by atoms with Crippen LogP contribution >= 0.6 is 0 Å². The van der Waals surface area contributed by atoms with E-state index in [1.54, 1.807) is 0 Å². The van der Waals surface area contributed by atoms with Crippen LogP contribution in [0.25, 0.3) is 0 Å². The van der Waals surface area contributed by atoms with Crippen molar-refractivity contribution in [2.45, 2.75) is 56.3 Å². The first-order chi connectivity index (χ1) is 13.1. The number of hydrogen-bond donors (Lipinski definition) is 2. The predicted octanol–water partition coefficient (Wildman–Crippen LogP) is 3.74. The highest BCUT2D eigenvalue weighted by Gasteiger charge is 2.46. The second-order valence-corrected chi connectivity index (χ2v) is 7.72. The summed E-state index contributed by atoms with van der Waals surface area (Å²) in [6.07, 6.45) is 2.48. The molecule has 2 aromatic carbocycles. The summed E-state index contributed by atoms with van der Waals surface area (Å²) in [5, 5.41) is 19.6. The Morgan fingerprint density at radius 1 is 1.07 bits per heavy atom. The van der Waals surface area contributed by atoms with Crippen LogP contribution in [-0.4, -0.2) is 35.6 Å². The van der Waals surface area contributed by atoms with E-state index in [1.807, 2.05) is 6.92 Å². The summed E-state index contributed by atoms with van der Waals surface area (Å²) >= 11 is 0. The molecule has 2 aliphatic rings. The van der Waals surface area contributed by atoms with Crippen LogP contribution in [0.4, 0.5) is 0 Å². The SMILES string of the molecule is CCOc1ccc(C2(c3cccc(C4CC(O)CC(CO)O4)c3)CC2)cc1. The van der Waals surface area contributed by atoms with Gasteiger partial charge in [-0.25, -0.2) is 0 Å². The molecule has 3 unspecified atom stereocenters. The maximum Gasteiger partial charge on any atom is 0.119 e. The van der Waals surface area contributed by atoms with E-state index < -0.39 is 6.10 Å². The van der Waals surface area contributed by atoms with Gasteiger partial charge in [0.05, 0.1) is 31.5 Å². The van der Waals surface area contributed by atoms with Crippen LogP contribution in [-0.2, 0) is 10.2 Å². The van der Waals surface area contributed by atoms with Gasteiger partial charge in [-0.05, 0) is 48.6 Å². The van der Waals surface area contributed by atoms with E-state index >= 15 is 0 Å². The molecular weight excluding hydrogens is 340 g/mol. The summed E-state index contributed by atoms with van der Waals surface area (Å²) in [7, 11) is 0. The standard InChI is InChI=1S/C23H28O4/c1-2-26-20-8-6-17(7-9-20)23(10-11-23)18-5-3-4-16(12-18)22-14-19(25)13-21(15-24)27-22/h3-9,12,19,21-22,24-25H,2,10-11,13-15H2,1H3. The zero-order valence-electron chi connectivity index (χ0n) is 15.8. The quantitative estimate of drug-likeness (QED) is 0.816. The number of aliphatic hydroxyl groups excluding tert-OH is 2. The first-order valence-corrected chi connectivity index (χ1v) is 9.93. The summed E-state index contributed by atoms with van der Waals surface area (Å²) in [4.78, 5) is 0. The number of rotatable bonds is 6. The topological polar surface area (TPSA) is 58.9 Å². The fourth-order valence-electron chi connectivity index (χ4n) is 4.26. The smallest absolute Gasteiger partial charge is 0.119 e. The molecule has 0 radical (unpaired) electrons. The van der Waals surface area contributed by atoms with Gasteiger partial charge in [0.25, 0.3) is 0 Å². The van der Waals surface area contributed by atoms with Gasteiger partial charge in [0.1, 0.15) is 5.75 Å². The monoisotopic (exact) mass is 368 g/mol. The van der Waals surface area contributed by atoms with Crippen LogP contribution in [0, 0.1) is 0 Å². The molecule has 0 aromatic heterocycles. The molecule has 3 atom stereocenters. The third-order valence-electron chi connectivity index (χ3n) is 5.86. The van der Waals surface area contributed by atoms with Crippen molar-refractivity contribution < 1.29 is 19.7 Å². The first kappa shape index (κ1) is 18.5. The Bertz CT molecular complexity index is 766. The minimum absolute atomic E-state index is 0.0522. The Balaban J connectivity index is 1.58. The molecule has 0 spiro atoms. The third kappa shape index (κ3) is 3.75. The van der Waals surface area contributed by atoms with Crippen molar-refractivity contribution in [3.8, 4) is 5.75 Å².